The molecule has 1 heterocycles. The van der Waals surface area contributed by atoms with Crippen molar-refractivity contribution in [3.05, 3.63) is 36.5 Å². The third-order valence-corrected chi connectivity index (χ3v) is 2.88. The lowest BCUT2D eigenvalue weighted by atomic mass is 10.2. The lowest BCUT2D eigenvalue weighted by Crippen LogP contribution is -2.44. The van der Waals surface area contributed by atoms with Crippen LogP contribution in [0.1, 0.15) is 0 Å². The average molecular weight is 262 g/mol. The summed E-state index contributed by atoms with van der Waals surface area (Å²) in [5, 5.41) is 10.4. The molecule has 0 bridgehead atoms. The van der Waals surface area contributed by atoms with Gasteiger partial charge in [0.15, 0.2) is 0 Å². The van der Waals surface area contributed by atoms with Crippen LogP contribution in [0.2, 0.25) is 0 Å². The van der Waals surface area contributed by atoms with Gasteiger partial charge in [0.25, 0.3) is 0 Å². The third-order valence-electron chi connectivity index (χ3n) is 2.88. The topological polar surface area (TPSA) is 77.6 Å². The molecule has 102 valence electrons. The van der Waals surface area contributed by atoms with Gasteiger partial charge in [0.05, 0.1) is 24.8 Å². The summed E-state index contributed by atoms with van der Waals surface area (Å²) in [5.74, 6) is 0.636. The number of benzene rings is 1. The third kappa shape index (κ3) is 3.41. The Kier molecular flexibility index (Phi) is 4.68. The molecule has 5 nitrogen and oxygen atoms in total. The first-order valence-corrected chi connectivity index (χ1v) is 6.11. The Morgan fingerprint density at radius 3 is 2.95 bits per heavy atom. The molecule has 0 aliphatic carbocycles. The van der Waals surface area contributed by atoms with Crippen molar-refractivity contribution in [1.82, 2.24) is 4.98 Å². The van der Waals surface area contributed by atoms with Crippen molar-refractivity contribution >= 4 is 10.9 Å². The molecule has 0 aliphatic heterocycles. The van der Waals surface area contributed by atoms with Crippen LogP contribution in [-0.4, -0.2) is 42.6 Å². The van der Waals surface area contributed by atoms with Gasteiger partial charge in [0.2, 0.25) is 0 Å². The molecule has 2 atom stereocenters. The molecule has 0 aliphatic rings. The van der Waals surface area contributed by atoms with Crippen molar-refractivity contribution in [2.75, 3.05) is 20.3 Å². The van der Waals surface area contributed by atoms with Gasteiger partial charge < -0.3 is 20.3 Å². The first-order chi connectivity index (χ1) is 9.24. The molecule has 0 fully saturated rings. The molecule has 2 aromatic rings. The zero-order valence-electron chi connectivity index (χ0n) is 10.8. The maximum Gasteiger partial charge on any atom is 0.139 e. The van der Waals surface area contributed by atoms with Gasteiger partial charge in [-0.15, -0.1) is 0 Å². The highest BCUT2D eigenvalue weighted by Crippen LogP contribution is 2.20. The Labute approximate surface area is 112 Å². The number of fused-ring (bicyclic) bond motifs is 1. The maximum atomic E-state index is 9.32. The number of pyridine rings is 1. The molecule has 2 rings (SSSR count). The van der Waals surface area contributed by atoms with E-state index in [1.54, 1.807) is 13.3 Å². The fourth-order valence-electron chi connectivity index (χ4n) is 1.85. The van der Waals surface area contributed by atoms with E-state index in [1.165, 1.54) is 0 Å². The summed E-state index contributed by atoms with van der Waals surface area (Å²) in [7, 11) is 1.56. The van der Waals surface area contributed by atoms with Crippen LogP contribution in [-0.2, 0) is 4.74 Å². The molecule has 3 N–H and O–H groups in total. The van der Waals surface area contributed by atoms with Crippen molar-refractivity contribution in [2.24, 2.45) is 5.73 Å². The summed E-state index contributed by atoms with van der Waals surface area (Å²) in [4.78, 5) is 4.26. The number of nitrogens with zero attached hydrogens (tertiary/aromatic N) is 1. The molecule has 0 spiro atoms. The van der Waals surface area contributed by atoms with Gasteiger partial charge in [-0.25, -0.2) is 0 Å². The molecular formula is C14H18N2O3. The molecular weight excluding hydrogens is 244 g/mol. The summed E-state index contributed by atoms with van der Waals surface area (Å²) < 4.78 is 10.7. The van der Waals surface area contributed by atoms with Crippen molar-refractivity contribution in [3.63, 3.8) is 0 Å². The summed E-state index contributed by atoms with van der Waals surface area (Å²) in [6.45, 7) is 0.168. The summed E-state index contributed by atoms with van der Waals surface area (Å²) >= 11 is 0. The maximum absolute atomic E-state index is 9.32. The summed E-state index contributed by atoms with van der Waals surface area (Å²) in [5.41, 5.74) is 6.72. The lowest BCUT2D eigenvalue weighted by Gasteiger charge is -2.22. The number of methoxy groups -OCH3 is 1. The van der Waals surface area contributed by atoms with Gasteiger partial charge in [-0.2, -0.15) is 0 Å². The number of hydrogen-bond donors (Lipinski definition) is 2. The van der Waals surface area contributed by atoms with Crippen LogP contribution in [0.3, 0.4) is 0 Å². The van der Waals surface area contributed by atoms with Crippen LogP contribution in [0.15, 0.2) is 36.5 Å². The van der Waals surface area contributed by atoms with E-state index in [4.69, 9.17) is 15.2 Å². The van der Waals surface area contributed by atoms with Gasteiger partial charge in [-0.3, -0.25) is 4.98 Å². The van der Waals surface area contributed by atoms with Crippen LogP contribution in [0.25, 0.3) is 10.9 Å². The zero-order chi connectivity index (χ0) is 13.7. The monoisotopic (exact) mass is 262 g/mol. The van der Waals surface area contributed by atoms with Gasteiger partial charge in [0.1, 0.15) is 11.9 Å². The molecule has 2 unspecified atom stereocenters. The normalized spacial score (nSPS) is 14.3. The van der Waals surface area contributed by atoms with Crippen molar-refractivity contribution < 1.29 is 14.6 Å². The standard InChI is InChI=1S/C14H18N2O3/c1-18-9-12(15)14(8-17)19-11-5-4-10-3-2-6-16-13(10)7-11/h2-7,12,14,17H,8-9,15H2,1H3. The number of ether oxygens (including phenoxy) is 2. The Hall–Kier alpha value is -1.69. The van der Waals surface area contributed by atoms with Crippen molar-refractivity contribution in [1.29, 1.82) is 0 Å². The number of aliphatic hydroxyl groups excluding tert-OH is 1. The average Bonchev–Trinajstić information content (AvgIpc) is 2.44. The Morgan fingerprint density at radius 2 is 2.21 bits per heavy atom. The summed E-state index contributed by atoms with van der Waals surface area (Å²) in [6.07, 6.45) is 1.23. The minimum Gasteiger partial charge on any atom is -0.486 e. The lowest BCUT2D eigenvalue weighted by molar-refractivity contribution is 0.0606. The van der Waals surface area contributed by atoms with E-state index in [-0.39, 0.29) is 12.6 Å². The van der Waals surface area contributed by atoms with E-state index in [0.717, 1.165) is 10.9 Å². The number of hydrogen-bond acceptors (Lipinski definition) is 5. The van der Waals surface area contributed by atoms with Gasteiger partial charge in [0, 0.05) is 24.8 Å². The smallest absolute Gasteiger partial charge is 0.139 e. The molecule has 0 saturated carbocycles. The van der Waals surface area contributed by atoms with E-state index >= 15 is 0 Å². The minimum absolute atomic E-state index is 0.162. The predicted octanol–water partition coefficient (Wildman–Crippen LogP) is 0.948. The van der Waals surface area contributed by atoms with Crippen LogP contribution in [0.4, 0.5) is 0 Å². The van der Waals surface area contributed by atoms with E-state index in [0.29, 0.717) is 12.4 Å². The first-order valence-electron chi connectivity index (χ1n) is 6.11. The van der Waals surface area contributed by atoms with Crippen molar-refractivity contribution in [3.8, 4) is 5.75 Å². The molecule has 1 aromatic heterocycles. The highest BCUT2D eigenvalue weighted by molar-refractivity contribution is 5.79. The fraction of sp³-hybridized carbons (Fsp3) is 0.357. The van der Waals surface area contributed by atoms with Crippen LogP contribution >= 0.6 is 0 Å². The Balaban J connectivity index is 2.15. The Morgan fingerprint density at radius 1 is 1.37 bits per heavy atom. The number of rotatable bonds is 6. The summed E-state index contributed by atoms with van der Waals surface area (Å²) in [6, 6.07) is 9.08. The predicted molar refractivity (Wildman–Crippen MR) is 73.1 cm³/mol. The van der Waals surface area contributed by atoms with E-state index in [1.807, 2.05) is 30.3 Å². The van der Waals surface area contributed by atoms with E-state index in [9.17, 15) is 5.11 Å². The molecule has 0 saturated heterocycles. The second kappa shape index (κ2) is 6.47. The second-order valence-corrected chi connectivity index (χ2v) is 4.32. The SMILES string of the molecule is COCC(N)C(CO)Oc1ccc2cccnc2c1. The number of aliphatic hydroxyl groups is 1. The van der Waals surface area contributed by atoms with Gasteiger partial charge in [-0.1, -0.05) is 6.07 Å². The molecule has 1 aromatic carbocycles. The van der Waals surface area contributed by atoms with Crippen LogP contribution in [0.5, 0.6) is 5.75 Å². The highest BCUT2D eigenvalue weighted by Gasteiger charge is 2.18. The quantitative estimate of drug-likeness (QED) is 0.810. The molecule has 5 heteroatoms. The molecule has 0 radical (unpaired) electrons. The fourth-order valence-corrected chi connectivity index (χ4v) is 1.85. The number of nitrogens with two attached hydrogens (primary N) is 1. The Bertz CT molecular complexity index is 533. The van der Waals surface area contributed by atoms with Crippen LogP contribution in [0, 0.1) is 0 Å². The largest absolute Gasteiger partial charge is 0.486 e. The second-order valence-electron chi connectivity index (χ2n) is 4.32. The van der Waals surface area contributed by atoms with E-state index < -0.39 is 6.10 Å². The van der Waals surface area contributed by atoms with Gasteiger partial charge >= 0.3 is 0 Å². The van der Waals surface area contributed by atoms with E-state index in [2.05, 4.69) is 4.98 Å². The highest BCUT2D eigenvalue weighted by atomic mass is 16.5. The first kappa shape index (κ1) is 13.7. The zero-order valence-corrected chi connectivity index (χ0v) is 10.8. The minimum atomic E-state index is -0.499. The van der Waals surface area contributed by atoms with Crippen molar-refractivity contribution in [2.45, 2.75) is 12.1 Å². The molecule has 0 amide bonds. The number of aromatic nitrogens is 1. The van der Waals surface area contributed by atoms with Gasteiger partial charge in [-0.05, 0) is 18.2 Å². The molecule has 19 heavy (non-hydrogen) atoms. The van der Waals surface area contributed by atoms with Crippen LogP contribution < -0.4 is 10.5 Å².